The van der Waals surface area contributed by atoms with Gasteiger partial charge in [0.15, 0.2) is 0 Å². The maximum Gasteiger partial charge on any atom is 0.316 e. The van der Waals surface area contributed by atoms with Crippen molar-refractivity contribution in [1.29, 1.82) is 0 Å². The van der Waals surface area contributed by atoms with Crippen LogP contribution in [0, 0.1) is 5.82 Å². The molecule has 1 heterocycles. The van der Waals surface area contributed by atoms with E-state index in [2.05, 4.69) is 5.32 Å². The van der Waals surface area contributed by atoms with Gasteiger partial charge in [-0.1, -0.05) is 18.2 Å². The first-order valence-corrected chi connectivity index (χ1v) is 8.25. The number of amides is 3. The lowest BCUT2D eigenvalue weighted by Crippen LogP contribution is -2.36. The highest BCUT2D eigenvalue weighted by molar-refractivity contribution is 5.97. The van der Waals surface area contributed by atoms with E-state index in [1.807, 2.05) is 4.90 Å². The summed E-state index contributed by atoms with van der Waals surface area (Å²) in [5, 5.41) is 2.48. The molecule has 2 aromatic rings. The topological polar surface area (TPSA) is 75.4 Å². The van der Waals surface area contributed by atoms with Gasteiger partial charge >= 0.3 is 6.03 Å². The molecule has 6 heteroatoms. The minimum atomic E-state index is -0.667. The smallest absolute Gasteiger partial charge is 0.316 e. The summed E-state index contributed by atoms with van der Waals surface area (Å²) in [5.74, 6) is -0.334. The van der Waals surface area contributed by atoms with Crippen molar-refractivity contribution in [1.82, 2.24) is 4.90 Å². The fourth-order valence-electron chi connectivity index (χ4n) is 3.25. The number of benzene rings is 2. The largest absolute Gasteiger partial charge is 0.351 e. The average molecular weight is 341 g/mol. The van der Waals surface area contributed by atoms with Crippen LogP contribution in [0.4, 0.5) is 14.9 Å². The summed E-state index contributed by atoms with van der Waals surface area (Å²) in [6.45, 7) is 0.693. The van der Waals surface area contributed by atoms with Crippen molar-refractivity contribution in [2.24, 2.45) is 5.73 Å². The number of nitrogens with two attached hydrogens (primary N) is 1. The van der Waals surface area contributed by atoms with Crippen LogP contribution in [0.3, 0.4) is 0 Å². The number of likely N-dealkylation sites (tertiary alicyclic amines) is 1. The Kier molecular flexibility index (Phi) is 4.97. The molecule has 0 saturated carbocycles. The van der Waals surface area contributed by atoms with Crippen molar-refractivity contribution < 1.29 is 14.0 Å². The number of hydrogen-bond acceptors (Lipinski definition) is 2. The van der Waals surface area contributed by atoms with Crippen LogP contribution in [0.2, 0.25) is 0 Å². The van der Waals surface area contributed by atoms with E-state index in [1.54, 1.807) is 36.4 Å². The van der Waals surface area contributed by atoms with Crippen LogP contribution in [0.15, 0.2) is 48.5 Å². The molecule has 5 nitrogen and oxygen atoms in total. The SMILES string of the molecule is NC(=O)Nc1cccc(C(=O)N2CCC[C@H]2Cc2ccc(F)cc2)c1. The number of nitrogens with one attached hydrogen (secondary N) is 1. The number of halogens is 1. The van der Waals surface area contributed by atoms with Gasteiger partial charge in [-0.25, -0.2) is 9.18 Å². The molecule has 1 saturated heterocycles. The summed E-state index contributed by atoms with van der Waals surface area (Å²) in [6.07, 6.45) is 2.56. The molecule has 1 aliphatic heterocycles. The van der Waals surface area contributed by atoms with Gasteiger partial charge in [0.25, 0.3) is 5.91 Å². The van der Waals surface area contributed by atoms with Gasteiger partial charge in [0.1, 0.15) is 5.82 Å². The Morgan fingerprint density at radius 1 is 1.20 bits per heavy atom. The highest BCUT2D eigenvalue weighted by atomic mass is 19.1. The lowest BCUT2D eigenvalue weighted by molar-refractivity contribution is 0.0736. The first kappa shape index (κ1) is 17.0. The molecule has 0 aromatic heterocycles. The molecule has 130 valence electrons. The molecule has 0 bridgehead atoms. The molecule has 0 spiro atoms. The van der Waals surface area contributed by atoms with Crippen LogP contribution >= 0.6 is 0 Å². The van der Waals surface area contributed by atoms with Crippen LogP contribution in [0.25, 0.3) is 0 Å². The molecule has 3 amide bonds. The van der Waals surface area contributed by atoms with Crippen molar-refractivity contribution in [3.63, 3.8) is 0 Å². The molecule has 1 atom stereocenters. The predicted molar refractivity (Wildman–Crippen MR) is 93.8 cm³/mol. The zero-order chi connectivity index (χ0) is 17.8. The van der Waals surface area contributed by atoms with Gasteiger partial charge < -0.3 is 16.0 Å². The molecule has 1 aliphatic rings. The summed E-state index contributed by atoms with van der Waals surface area (Å²) in [7, 11) is 0. The van der Waals surface area contributed by atoms with Gasteiger partial charge in [0.05, 0.1) is 0 Å². The van der Waals surface area contributed by atoms with E-state index >= 15 is 0 Å². The molecule has 0 aliphatic carbocycles. The summed E-state index contributed by atoms with van der Waals surface area (Å²) in [5.41, 5.74) is 7.13. The zero-order valence-corrected chi connectivity index (χ0v) is 13.7. The summed E-state index contributed by atoms with van der Waals surface area (Å²) in [4.78, 5) is 25.7. The summed E-state index contributed by atoms with van der Waals surface area (Å²) in [6, 6.07) is 12.6. The van der Waals surface area contributed by atoms with Crippen molar-refractivity contribution in [2.75, 3.05) is 11.9 Å². The molecular weight excluding hydrogens is 321 g/mol. The third-order valence-corrected chi connectivity index (χ3v) is 4.40. The number of anilines is 1. The Balaban J connectivity index is 1.74. The van der Waals surface area contributed by atoms with Gasteiger partial charge in [-0.3, -0.25) is 4.79 Å². The van der Waals surface area contributed by atoms with E-state index in [-0.39, 0.29) is 17.8 Å². The molecule has 25 heavy (non-hydrogen) atoms. The van der Waals surface area contributed by atoms with Gasteiger partial charge in [0, 0.05) is 23.8 Å². The monoisotopic (exact) mass is 341 g/mol. The average Bonchev–Trinajstić information content (AvgIpc) is 3.04. The van der Waals surface area contributed by atoms with Crippen LogP contribution in [0.5, 0.6) is 0 Å². The number of carbonyl (C=O) groups excluding carboxylic acids is 2. The van der Waals surface area contributed by atoms with Crippen molar-refractivity contribution in [2.45, 2.75) is 25.3 Å². The number of primary amides is 1. The third-order valence-electron chi connectivity index (χ3n) is 4.40. The Labute approximate surface area is 145 Å². The molecule has 3 N–H and O–H groups in total. The molecular formula is C19H20FN3O2. The standard InChI is InChI=1S/C19H20FN3O2/c20-15-8-6-13(7-9-15)11-17-5-2-10-23(17)18(24)14-3-1-4-16(12-14)22-19(21)25/h1,3-4,6-9,12,17H,2,5,10-11H2,(H3,21,22,25)/t17-/m0/s1. The van der Waals surface area contributed by atoms with Crippen LogP contribution in [-0.4, -0.2) is 29.4 Å². The van der Waals surface area contributed by atoms with E-state index in [1.165, 1.54) is 12.1 Å². The Morgan fingerprint density at radius 3 is 2.68 bits per heavy atom. The Bertz CT molecular complexity index is 776. The molecule has 0 unspecified atom stereocenters. The lowest BCUT2D eigenvalue weighted by atomic mass is 10.0. The molecule has 0 radical (unpaired) electrons. The quantitative estimate of drug-likeness (QED) is 0.896. The van der Waals surface area contributed by atoms with Crippen molar-refractivity contribution in [3.8, 4) is 0 Å². The summed E-state index contributed by atoms with van der Waals surface area (Å²) >= 11 is 0. The highest BCUT2D eigenvalue weighted by Crippen LogP contribution is 2.24. The number of rotatable bonds is 4. The normalized spacial score (nSPS) is 16.7. The Morgan fingerprint density at radius 2 is 1.96 bits per heavy atom. The number of urea groups is 1. The maximum atomic E-state index is 13.1. The minimum absolute atomic E-state index is 0.0715. The third kappa shape index (κ3) is 4.15. The highest BCUT2D eigenvalue weighted by Gasteiger charge is 2.29. The fourth-order valence-corrected chi connectivity index (χ4v) is 3.25. The summed E-state index contributed by atoms with van der Waals surface area (Å²) < 4.78 is 13.1. The van der Waals surface area contributed by atoms with E-state index in [0.29, 0.717) is 24.2 Å². The maximum absolute atomic E-state index is 13.1. The first-order chi connectivity index (χ1) is 12.0. The minimum Gasteiger partial charge on any atom is -0.351 e. The van der Waals surface area contributed by atoms with Gasteiger partial charge in [-0.2, -0.15) is 0 Å². The number of nitrogens with zero attached hydrogens (tertiary/aromatic N) is 1. The second kappa shape index (κ2) is 7.34. The second-order valence-electron chi connectivity index (χ2n) is 6.20. The van der Waals surface area contributed by atoms with Crippen molar-refractivity contribution in [3.05, 3.63) is 65.5 Å². The molecule has 2 aromatic carbocycles. The van der Waals surface area contributed by atoms with Gasteiger partial charge in [-0.05, 0) is 55.2 Å². The first-order valence-electron chi connectivity index (χ1n) is 8.25. The Hall–Kier alpha value is -2.89. The van der Waals surface area contributed by atoms with Gasteiger partial charge in [-0.15, -0.1) is 0 Å². The fraction of sp³-hybridized carbons (Fsp3) is 0.263. The molecule has 3 rings (SSSR count). The van der Waals surface area contributed by atoms with Crippen LogP contribution in [0.1, 0.15) is 28.8 Å². The second-order valence-corrected chi connectivity index (χ2v) is 6.20. The van der Waals surface area contributed by atoms with Crippen LogP contribution < -0.4 is 11.1 Å². The number of carbonyl (C=O) groups is 2. The van der Waals surface area contributed by atoms with Gasteiger partial charge in [0.2, 0.25) is 0 Å². The van der Waals surface area contributed by atoms with Crippen molar-refractivity contribution >= 4 is 17.6 Å². The molecule has 1 fully saturated rings. The predicted octanol–water partition coefficient (Wildman–Crippen LogP) is 3.16. The van der Waals surface area contributed by atoms with E-state index in [9.17, 15) is 14.0 Å². The van der Waals surface area contributed by atoms with E-state index in [4.69, 9.17) is 5.73 Å². The van der Waals surface area contributed by atoms with E-state index < -0.39 is 6.03 Å². The van der Waals surface area contributed by atoms with E-state index in [0.717, 1.165) is 18.4 Å². The lowest BCUT2D eigenvalue weighted by Gasteiger charge is -2.25. The zero-order valence-electron chi connectivity index (χ0n) is 13.7. The van der Waals surface area contributed by atoms with Crippen LogP contribution in [-0.2, 0) is 6.42 Å². The number of hydrogen-bond donors (Lipinski definition) is 2.